The van der Waals surface area contributed by atoms with Crippen LogP contribution >= 0.6 is 15.9 Å². The van der Waals surface area contributed by atoms with Gasteiger partial charge in [0.05, 0.1) is 0 Å². The predicted molar refractivity (Wildman–Crippen MR) is 71.2 cm³/mol. The topological polar surface area (TPSA) is 70.7 Å². The average Bonchev–Trinajstić information content (AvgIpc) is 2.67. The molecule has 2 rings (SSSR count). The molecule has 0 amide bonds. The van der Waals surface area contributed by atoms with Crippen LogP contribution in [0.1, 0.15) is 23.8 Å². The van der Waals surface area contributed by atoms with Crippen molar-refractivity contribution in [1.82, 2.24) is 14.6 Å². The summed E-state index contributed by atoms with van der Waals surface area (Å²) in [5.74, 6) is -0.296. The highest BCUT2D eigenvalue weighted by molar-refractivity contribution is 9.10. The second kappa shape index (κ2) is 4.93. The van der Waals surface area contributed by atoms with Crippen LogP contribution in [0.15, 0.2) is 16.7 Å². The monoisotopic (exact) mass is 312 g/mol. The molecule has 96 valence electrons. The second-order valence-corrected chi connectivity index (χ2v) is 4.69. The molecule has 0 spiro atoms. The van der Waals surface area contributed by atoms with Gasteiger partial charge in [0.1, 0.15) is 10.4 Å². The van der Waals surface area contributed by atoms with Gasteiger partial charge >= 0.3 is 5.97 Å². The standard InChI is InChI=1S/C11H13BrN4O2/c1-3-6-15(2)8-5-4-7-13-9(11(17)18)10(12)16(7)14-8/h4-5H,3,6H2,1-2H3,(H,17,18). The van der Waals surface area contributed by atoms with E-state index in [1.165, 1.54) is 4.52 Å². The Balaban J connectivity index is 2.51. The van der Waals surface area contributed by atoms with Gasteiger partial charge in [-0.2, -0.15) is 0 Å². The highest BCUT2D eigenvalue weighted by Gasteiger charge is 2.17. The summed E-state index contributed by atoms with van der Waals surface area (Å²) in [6.07, 6.45) is 1.02. The van der Waals surface area contributed by atoms with Gasteiger partial charge in [-0.1, -0.05) is 6.92 Å². The molecular formula is C11H13BrN4O2. The van der Waals surface area contributed by atoms with Crippen molar-refractivity contribution < 1.29 is 9.90 Å². The molecule has 0 radical (unpaired) electrons. The van der Waals surface area contributed by atoms with Crippen molar-refractivity contribution in [3.63, 3.8) is 0 Å². The third-order valence-electron chi connectivity index (χ3n) is 2.56. The molecular weight excluding hydrogens is 300 g/mol. The van der Waals surface area contributed by atoms with E-state index < -0.39 is 5.97 Å². The predicted octanol–water partition coefficient (Wildman–Crippen LogP) is 2.04. The Kier molecular flexibility index (Phi) is 3.51. The Labute approximate surface area is 112 Å². The number of fused-ring (bicyclic) bond motifs is 1. The number of imidazole rings is 1. The molecule has 0 aliphatic rings. The molecule has 0 aliphatic heterocycles. The summed E-state index contributed by atoms with van der Waals surface area (Å²) in [5, 5.41) is 13.4. The zero-order valence-corrected chi connectivity index (χ0v) is 11.7. The van der Waals surface area contributed by atoms with Crippen molar-refractivity contribution in [3.8, 4) is 0 Å². The Hall–Kier alpha value is -1.63. The maximum atomic E-state index is 11.0. The number of hydrogen-bond donors (Lipinski definition) is 1. The summed E-state index contributed by atoms with van der Waals surface area (Å²) >= 11 is 3.21. The summed E-state index contributed by atoms with van der Waals surface area (Å²) in [6, 6.07) is 3.59. The largest absolute Gasteiger partial charge is 0.476 e. The quantitative estimate of drug-likeness (QED) is 0.935. The smallest absolute Gasteiger partial charge is 0.357 e. The van der Waals surface area contributed by atoms with E-state index in [1.807, 2.05) is 18.0 Å². The number of rotatable bonds is 4. The van der Waals surface area contributed by atoms with E-state index in [9.17, 15) is 4.79 Å². The van der Waals surface area contributed by atoms with Crippen molar-refractivity contribution in [1.29, 1.82) is 0 Å². The minimum absolute atomic E-state index is 0.0298. The van der Waals surface area contributed by atoms with Gasteiger partial charge < -0.3 is 10.0 Å². The van der Waals surface area contributed by atoms with Gasteiger partial charge in [-0.3, -0.25) is 0 Å². The lowest BCUT2D eigenvalue weighted by Gasteiger charge is -2.16. The Morgan fingerprint density at radius 3 is 2.89 bits per heavy atom. The van der Waals surface area contributed by atoms with Gasteiger partial charge in [-0.05, 0) is 34.5 Å². The molecule has 0 aliphatic carbocycles. The van der Waals surface area contributed by atoms with Gasteiger partial charge in [0, 0.05) is 13.6 Å². The van der Waals surface area contributed by atoms with E-state index in [0.717, 1.165) is 18.8 Å². The van der Waals surface area contributed by atoms with E-state index in [4.69, 9.17) is 5.11 Å². The number of anilines is 1. The zero-order valence-electron chi connectivity index (χ0n) is 10.1. The van der Waals surface area contributed by atoms with Crippen molar-refractivity contribution in [2.45, 2.75) is 13.3 Å². The number of carboxylic acid groups (broad SMARTS) is 1. The first-order valence-electron chi connectivity index (χ1n) is 5.54. The molecule has 0 unspecified atom stereocenters. The van der Waals surface area contributed by atoms with Crippen LogP contribution in [0, 0.1) is 0 Å². The van der Waals surface area contributed by atoms with Crippen LogP contribution in [0.2, 0.25) is 0 Å². The lowest BCUT2D eigenvalue weighted by Crippen LogP contribution is -2.19. The minimum Gasteiger partial charge on any atom is -0.476 e. The molecule has 7 heteroatoms. The molecule has 0 saturated carbocycles. The molecule has 0 bridgehead atoms. The van der Waals surface area contributed by atoms with Crippen molar-refractivity contribution in [2.24, 2.45) is 0 Å². The van der Waals surface area contributed by atoms with Crippen LogP contribution < -0.4 is 4.90 Å². The summed E-state index contributed by atoms with van der Waals surface area (Å²) in [4.78, 5) is 17.0. The molecule has 6 nitrogen and oxygen atoms in total. The van der Waals surface area contributed by atoms with E-state index in [2.05, 4.69) is 32.9 Å². The Bertz CT molecular complexity index is 596. The number of aromatic carboxylic acids is 1. The van der Waals surface area contributed by atoms with Crippen LogP contribution in [0.25, 0.3) is 5.65 Å². The summed E-state index contributed by atoms with van der Waals surface area (Å²) < 4.78 is 1.85. The van der Waals surface area contributed by atoms with Crippen molar-refractivity contribution >= 4 is 33.4 Å². The summed E-state index contributed by atoms with van der Waals surface area (Å²) in [5.41, 5.74) is 0.478. The molecule has 18 heavy (non-hydrogen) atoms. The molecule has 0 atom stereocenters. The molecule has 0 fully saturated rings. The highest BCUT2D eigenvalue weighted by Crippen LogP contribution is 2.20. The van der Waals surface area contributed by atoms with Crippen LogP contribution in [-0.2, 0) is 0 Å². The normalized spacial score (nSPS) is 10.8. The van der Waals surface area contributed by atoms with Gasteiger partial charge in [-0.15, -0.1) is 5.10 Å². The van der Waals surface area contributed by atoms with Crippen LogP contribution in [-0.4, -0.2) is 39.3 Å². The maximum absolute atomic E-state index is 11.0. The second-order valence-electron chi connectivity index (χ2n) is 3.94. The van der Waals surface area contributed by atoms with Gasteiger partial charge in [0.15, 0.2) is 11.3 Å². The number of hydrogen-bond acceptors (Lipinski definition) is 4. The Morgan fingerprint density at radius 2 is 2.28 bits per heavy atom. The summed E-state index contributed by atoms with van der Waals surface area (Å²) in [7, 11) is 1.95. The molecule has 0 aromatic carbocycles. The fraction of sp³-hybridized carbons (Fsp3) is 0.364. The van der Waals surface area contributed by atoms with E-state index in [1.54, 1.807) is 6.07 Å². The molecule has 2 aromatic heterocycles. The first-order valence-corrected chi connectivity index (χ1v) is 6.33. The van der Waals surface area contributed by atoms with E-state index in [-0.39, 0.29) is 5.69 Å². The highest BCUT2D eigenvalue weighted by atomic mass is 79.9. The van der Waals surface area contributed by atoms with Gasteiger partial charge in [-0.25, -0.2) is 14.3 Å². The van der Waals surface area contributed by atoms with Crippen molar-refractivity contribution in [2.75, 3.05) is 18.5 Å². The first kappa shape index (κ1) is 12.8. The number of aromatic nitrogens is 3. The van der Waals surface area contributed by atoms with Gasteiger partial charge in [0.25, 0.3) is 0 Å². The van der Waals surface area contributed by atoms with E-state index in [0.29, 0.717) is 10.3 Å². The van der Waals surface area contributed by atoms with Crippen molar-refractivity contribution in [3.05, 3.63) is 22.4 Å². The van der Waals surface area contributed by atoms with Crippen LogP contribution in [0.5, 0.6) is 0 Å². The number of halogens is 1. The molecule has 1 N–H and O–H groups in total. The molecule has 2 aromatic rings. The van der Waals surface area contributed by atoms with Gasteiger partial charge in [0.2, 0.25) is 0 Å². The maximum Gasteiger partial charge on any atom is 0.357 e. The third-order valence-corrected chi connectivity index (χ3v) is 3.27. The fourth-order valence-corrected chi connectivity index (χ4v) is 2.21. The zero-order chi connectivity index (χ0) is 13.3. The lowest BCUT2D eigenvalue weighted by atomic mass is 10.4. The molecule has 2 heterocycles. The number of nitrogens with zero attached hydrogens (tertiary/aromatic N) is 4. The number of carbonyl (C=O) groups is 1. The number of carboxylic acids is 1. The minimum atomic E-state index is -1.07. The van der Waals surface area contributed by atoms with Crippen LogP contribution in [0.3, 0.4) is 0 Å². The third kappa shape index (κ3) is 2.17. The average molecular weight is 313 g/mol. The molecule has 0 saturated heterocycles. The lowest BCUT2D eigenvalue weighted by molar-refractivity contribution is 0.0690. The SMILES string of the molecule is CCCN(C)c1ccc2nc(C(=O)O)c(Br)n2n1. The first-order chi connectivity index (χ1) is 8.54. The summed E-state index contributed by atoms with van der Waals surface area (Å²) in [6.45, 7) is 2.97. The fourth-order valence-electron chi connectivity index (χ4n) is 1.69. The van der Waals surface area contributed by atoms with Crippen LogP contribution in [0.4, 0.5) is 5.82 Å². The Morgan fingerprint density at radius 1 is 1.56 bits per heavy atom. The van der Waals surface area contributed by atoms with E-state index >= 15 is 0 Å².